The molecule has 0 bridgehead atoms. The van der Waals surface area contributed by atoms with Gasteiger partial charge in [-0.05, 0) is 78.1 Å². The Morgan fingerprint density at radius 3 is 2.41 bits per heavy atom. The van der Waals surface area contributed by atoms with E-state index in [0.717, 1.165) is 49.8 Å². The third-order valence-electron chi connectivity index (χ3n) is 7.02. The lowest BCUT2D eigenvalue weighted by molar-refractivity contribution is -0.141. The molecule has 214 valence electrons. The predicted octanol–water partition coefficient (Wildman–Crippen LogP) is 6.63. The van der Waals surface area contributed by atoms with Gasteiger partial charge >= 0.3 is 5.97 Å². The molecule has 5 rings (SSSR count). The average Bonchev–Trinajstić information content (AvgIpc) is 3.58. The number of thiophene rings is 1. The molecule has 0 spiro atoms. The minimum absolute atomic E-state index is 0.00474. The first-order valence-electron chi connectivity index (χ1n) is 13.2. The molecule has 0 amide bonds. The highest BCUT2D eigenvalue weighted by Gasteiger charge is 2.27. The van der Waals surface area contributed by atoms with E-state index in [1.165, 1.54) is 24.7 Å². The maximum absolute atomic E-state index is 11.8. The second-order valence-corrected chi connectivity index (χ2v) is 13.6. The molecule has 41 heavy (non-hydrogen) atoms. The number of carbonyl (C=O) groups is 1. The maximum Gasteiger partial charge on any atom is 0.306 e. The Kier molecular flexibility index (Phi) is 8.37. The summed E-state index contributed by atoms with van der Waals surface area (Å²) in [6.07, 6.45) is 1.51. The van der Waals surface area contributed by atoms with Crippen LogP contribution in [0.25, 0.3) is 11.1 Å². The zero-order chi connectivity index (χ0) is 29.1. The summed E-state index contributed by atoms with van der Waals surface area (Å²) in [5.74, 6) is 1.94. The van der Waals surface area contributed by atoms with Crippen molar-refractivity contribution in [3.8, 4) is 28.4 Å². The SMILES string of the molecule is COC(=O)CC1COc2cc(OCc3cccc(-c4c(C)cc(OCc5ccc(S(C)(=O)=O)s5)cc4C)c3)ccc21. The summed E-state index contributed by atoms with van der Waals surface area (Å²) in [4.78, 5) is 12.5. The number of benzene rings is 3. The molecule has 1 aliphatic rings. The second-order valence-electron chi connectivity index (χ2n) is 10.2. The van der Waals surface area contributed by atoms with Crippen molar-refractivity contribution in [1.82, 2.24) is 0 Å². The molecule has 0 radical (unpaired) electrons. The topological polar surface area (TPSA) is 88.1 Å². The van der Waals surface area contributed by atoms with E-state index in [-0.39, 0.29) is 11.9 Å². The minimum atomic E-state index is -3.21. The highest BCUT2D eigenvalue weighted by atomic mass is 32.2. The van der Waals surface area contributed by atoms with Crippen LogP contribution in [-0.4, -0.2) is 34.4 Å². The molecule has 0 N–H and O–H groups in total. The molecular weight excluding hydrogens is 560 g/mol. The number of sulfone groups is 1. The monoisotopic (exact) mass is 592 g/mol. The highest BCUT2D eigenvalue weighted by Crippen LogP contribution is 2.39. The van der Waals surface area contributed by atoms with Crippen molar-refractivity contribution in [1.29, 1.82) is 0 Å². The number of hydrogen-bond acceptors (Lipinski definition) is 8. The molecule has 0 saturated carbocycles. The van der Waals surface area contributed by atoms with E-state index in [1.807, 2.05) is 42.5 Å². The van der Waals surface area contributed by atoms with Crippen molar-refractivity contribution in [2.24, 2.45) is 0 Å². The normalized spacial score (nSPS) is 14.3. The number of hydrogen-bond donors (Lipinski definition) is 0. The van der Waals surface area contributed by atoms with Crippen LogP contribution in [0.15, 0.2) is 70.9 Å². The summed E-state index contributed by atoms with van der Waals surface area (Å²) >= 11 is 1.23. The number of aryl methyl sites for hydroxylation is 2. The van der Waals surface area contributed by atoms with Crippen LogP contribution in [0.4, 0.5) is 0 Å². The number of esters is 1. The second kappa shape index (κ2) is 12.0. The standard InChI is InChI=1S/C32H32O7S2/c1-20-12-26(38-19-27-9-11-31(40-27)41(4,34)35)13-21(2)32(20)23-7-5-6-22(14-23)17-37-25-8-10-28-24(15-30(33)36-3)18-39-29(28)16-25/h5-14,16,24H,15,17-19H2,1-4H3. The predicted molar refractivity (Wildman–Crippen MR) is 159 cm³/mol. The Balaban J connectivity index is 1.25. The van der Waals surface area contributed by atoms with E-state index in [2.05, 4.69) is 26.0 Å². The highest BCUT2D eigenvalue weighted by molar-refractivity contribution is 7.92. The molecule has 4 aromatic rings. The molecular formula is C32H32O7S2. The first kappa shape index (κ1) is 28.7. The van der Waals surface area contributed by atoms with Crippen LogP contribution in [0.1, 0.15) is 39.5 Å². The number of ether oxygens (including phenoxy) is 4. The number of carbonyl (C=O) groups excluding carboxylic acids is 1. The summed E-state index contributed by atoms with van der Waals surface area (Å²) in [6, 6.07) is 21.5. The van der Waals surface area contributed by atoms with Crippen LogP contribution in [0.2, 0.25) is 0 Å². The molecule has 1 unspecified atom stereocenters. The zero-order valence-electron chi connectivity index (χ0n) is 23.4. The van der Waals surface area contributed by atoms with Crippen LogP contribution < -0.4 is 14.2 Å². The van der Waals surface area contributed by atoms with E-state index in [9.17, 15) is 13.2 Å². The summed E-state index contributed by atoms with van der Waals surface area (Å²) in [5, 5.41) is 0. The van der Waals surface area contributed by atoms with Crippen molar-refractivity contribution in [2.45, 2.75) is 43.6 Å². The zero-order valence-corrected chi connectivity index (χ0v) is 25.1. The van der Waals surface area contributed by atoms with Gasteiger partial charge in [-0.25, -0.2) is 8.42 Å². The van der Waals surface area contributed by atoms with Gasteiger partial charge in [0.1, 0.15) is 34.7 Å². The van der Waals surface area contributed by atoms with Crippen LogP contribution in [0.3, 0.4) is 0 Å². The fourth-order valence-corrected chi connectivity index (χ4v) is 6.93. The van der Waals surface area contributed by atoms with Crippen molar-refractivity contribution in [3.05, 3.63) is 93.9 Å². The summed E-state index contributed by atoms with van der Waals surface area (Å²) < 4.78 is 46.5. The molecule has 3 aromatic carbocycles. The van der Waals surface area contributed by atoms with Crippen molar-refractivity contribution in [3.63, 3.8) is 0 Å². The van der Waals surface area contributed by atoms with Gasteiger partial charge in [0, 0.05) is 28.7 Å². The van der Waals surface area contributed by atoms with Crippen molar-refractivity contribution < 1.29 is 32.2 Å². The van der Waals surface area contributed by atoms with Gasteiger partial charge in [0.2, 0.25) is 0 Å². The summed E-state index contributed by atoms with van der Waals surface area (Å²) in [6.45, 7) is 5.28. The van der Waals surface area contributed by atoms with E-state index < -0.39 is 9.84 Å². The van der Waals surface area contributed by atoms with Gasteiger partial charge in [-0.2, -0.15) is 0 Å². The Morgan fingerprint density at radius 2 is 1.71 bits per heavy atom. The molecule has 0 saturated heterocycles. The third kappa shape index (κ3) is 6.74. The average molecular weight is 593 g/mol. The van der Waals surface area contributed by atoms with Crippen LogP contribution in [0.5, 0.6) is 17.2 Å². The van der Waals surface area contributed by atoms with Gasteiger partial charge in [-0.1, -0.05) is 24.3 Å². The smallest absolute Gasteiger partial charge is 0.306 e. The molecule has 1 aromatic heterocycles. The van der Waals surface area contributed by atoms with Gasteiger partial charge in [0.25, 0.3) is 0 Å². The van der Waals surface area contributed by atoms with Gasteiger partial charge in [0.15, 0.2) is 9.84 Å². The first-order chi connectivity index (χ1) is 19.6. The largest absolute Gasteiger partial charge is 0.492 e. The first-order valence-corrected chi connectivity index (χ1v) is 15.9. The van der Waals surface area contributed by atoms with Crippen LogP contribution >= 0.6 is 11.3 Å². The Labute approximate surface area is 244 Å². The van der Waals surface area contributed by atoms with Gasteiger partial charge in [-0.3, -0.25) is 4.79 Å². The summed E-state index contributed by atoms with van der Waals surface area (Å²) in [5.41, 5.74) is 6.42. The lowest BCUT2D eigenvalue weighted by Gasteiger charge is -2.15. The van der Waals surface area contributed by atoms with Crippen molar-refractivity contribution >= 4 is 27.1 Å². The van der Waals surface area contributed by atoms with Gasteiger partial charge < -0.3 is 18.9 Å². The third-order valence-corrected chi connectivity index (χ3v) is 9.90. The Bertz CT molecular complexity index is 1660. The number of rotatable bonds is 10. The molecule has 7 nitrogen and oxygen atoms in total. The molecule has 0 fully saturated rings. The lowest BCUT2D eigenvalue weighted by atomic mass is 9.94. The molecule has 0 aliphatic carbocycles. The summed E-state index contributed by atoms with van der Waals surface area (Å²) in [7, 11) is -1.82. The molecule has 2 heterocycles. The molecule has 9 heteroatoms. The lowest BCUT2D eigenvalue weighted by Crippen LogP contribution is -2.09. The van der Waals surface area contributed by atoms with E-state index in [1.54, 1.807) is 12.1 Å². The van der Waals surface area contributed by atoms with Crippen molar-refractivity contribution in [2.75, 3.05) is 20.0 Å². The maximum atomic E-state index is 11.8. The number of methoxy groups -OCH3 is 1. The number of fused-ring (bicyclic) bond motifs is 1. The van der Waals surface area contributed by atoms with Gasteiger partial charge in [-0.15, -0.1) is 11.3 Å². The van der Waals surface area contributed by atoms with E-state index in [0.29, 0.717) is 36.2 Å². The molecule has 1 aliphatic heterocycles. The van der Waals surface area contributed by atoms with Crippen LogP contribution in [0, 0.1) is 13.8 Å². The quantitative estimate of drug-likeness (QED) is 0.191. The fourth-order valence-electron chi connectivity index (χ4n) is 5.04. The Morgan fingerprint density at radius 1 is 0.951 bits per heavy atom. The van der Waals surface area contributed by atoms with E-state index in [4.69, 9.17) is 18.9 Å². The minimum Gasteiger partial charge on any atom is -0.492 e. The van der Waals surface area contributed by atoms with E-state index >= 15 is 0 Å². The fraction of sp³-hybridized carbons (Fsp3) is 0.281. The van der Waals surface area contributed by atoms with Crippen LogP contribution in [-0.2, 0) is 32.6 Å². The van der Waals surface area contributed by atoms with Gasteiger partial charge in [0.05, 0.1) is 20.1 Å². The Hall–Kier alpha value is -3.82. The molecule has 1 atom stereocenters.